The van der Waals surface area contributed by atoms with Gasteiger partial charge in [0.2, 0.25) is 0 Å². The second-order valence-corrected chi connectivity index (χ2v) is 5.39. The number of hydrogen-bond acceptors (Lipinski definition) is 4. The molecule has 1 aliphatic heterocycles. The summed E-state index contributed by atoms with van der Waals surface area (Å²) in [6, 6.07) is 2.45. The smallest absolute Gasteiger partial charge is 0.293 e. The summed E-state index contributed by atoms with van der Waals surface area (Å²) >= 11 is 1.74. The van der Waals surface area contributed by atoms with Crippen LogP contribution in [0.3, 0.4) is 0 Å². The van der Waals surface area contributed by atoms with Crippen LogP contribution in [0.15, 0.2) is 12.1 Å². The van der Waals surface area contributed by atoms with Gasteiger partial charge in [0.1, 0.15) is 11.5 Å². The number of aliphatic hydroxyl groups excluding tert-OH is 1. The van der Waals surface area contributed by atoms with E-state index < -0.39 is 10.7 Å². The molecule has 0 radical (unpaired) electrons. The Morgan fingerprint density at radius 3 is 2.61 bits per heavy atom. The molecule has 1 aliphatic rings. The first-order valence-corrected chi connectivity index (χ1v) is 6.63. The molecule has 1 heterocycles. The topological polar surface area (TPSA) is 66.6 Å². The van der Waals surface area contributed by atoms with Crippen LogP contribution < -0.4 is 4.90 Å². The van der Waals surface area contributed by atoms with Gasteiger partial charge in [0.05, 0.1) is 14.6 Å². The first-order chi connectivity index (χ1) is 8.49. The summed E-state index contributed by atoms with van der Waals surface area (Å²) in [6.45, 7) is 1.00. The Hall–Kier alpha value is -0.960. The van der Waals surface area contributed by atoms with Crippen molar-refractivity contribution in [3.05, 3.63) is 31.6 Å². The van der Waals surface area contributed by atoms with Crippen molar-refractivity contribution in [3.8, 4) is 0 Å². The first-order valence-electron chi connectivity index (χ1n) is 5.55. The monoisotopic (exact) mass is 366 g/mol. The number of nitro groups is 1. The molecule has 1 fully saturated rings. The van der Waals surface area contributed by atoms with Gasteiger partial charge < -0.3 is 10.0 Å². The van der Waals surface area contributed by atoms with Crippen LogP contribution in [-0.2, 0) is 0 Å². The molecule has 0 aliphatic carbocycles. The summed E-state index contributed by atoms with van der Waals surface area (Å²) in [5, 5.41) is 20.4. The van der Waals surface area contributed by atoms with Gasteiger partial charge in [0.15, 0.2) is 0 Å². The Kier molecular flexibility index (Phi) is 4.00. The zero-order valence-corrected chi connectivity index (χ0v) is 11.6. The minimum Gasteiger partial charge on any atom is -0.393 e. The number of piperidine rings is 1. The zero-order valence-electron chi connectivity index (χ0n) is 9.47. The van der Waals surface area contributed by atoms with Crippen LogP contribution in [0.25, 0.3) is 0 Å². The fourth-order valence-corrected chi connectivity index (χ4v) is 2.48. The number of benzene rings is 1. The minimum atomic E-state index is -0.498. The fourth-order valence-electron chi connectivity index (χ4n) is 2.03. The van der Waals surface area contributed by atoms with Gasteiger partial charge in [-0.3, -0.25) is 10.1 Å². The fraction of sp³-hybridized carbons (Fsp3) is 0.455. The number of anilines is 1. The number of rotatable bonds is 2. The molecule has 2 rings (SSSR count). The van der Waals surface area contributed by atoms with Crippen molar-refractivity contribution in [2.45, 2.75) is 18.9 Å². The Labute approximate surface area is 117 Å². The van der Waals surface area contributed by atoms with E-state index in [-0.39, 0.29) is 15.4 Å². The maximum absolute atomic E-state index is 13.5. The predicted octanol–water partition coefficient (Wildman–Crippen LogP) is 2.30. The van der Waals surface area contributed by atoms with Gasteiger partial charge in [-0.15, -0.1) is 0 Å². The molecule has 0 bridgehead atoms. The maximum atomic E-state index is 13.5. The third-order valence-electron chi connectivity index (χ3n) is 3.02. The van der Waals surface area contributed by atoms with E-state index in [0.29, 0.717) is 31.6 Å². The summed E-state index contributed by atoms with van der Waals surface area (Å²) in [7, 11) is 0. The average Bonchev–Trinajstić information content (AvgIpc) is 2.33. The van der Waals surface area contributed by atoms with Crippen LogP contribution in [0, 0.1) is 19.5 Å². The second-order valence-electron chi connectivity index (χ2n) is 4.23. The van der Waals surface area contributed by atoms with Crippen LogP contribution in [0.5, 0.6) is 0 Å². The minimum absolute atomic E-state index is 0.0859. The summed E-state index contributed by atoms with van der Waals surface area (Å²) < 4.78 is 13.8. The zero-order chi connectivity index (χ0) is 13.3. The molecule has 0 amide bonds. The van der Waals surface area contributed by atoms with Crippen LogP contribution in [0.1, 0.15) is 12.8 Å². The molecule has 5 nitrogen and oxygen atoms in total. The average molecular weight is 366 g/mol. The molecule has 0 unspecified atom stereocenters. The molecule has 0 saturated carbocycles. The molecule has 1 aromatic rings. The summed E-state index contributed by atoms with van der Waals surface area (Å²) in [5.74, 6) is -0.456. The lowest BCUT2D eigenvalue weighted by Gasteiger charge is -2.31. The lowest BCUT2D eigenvalue weighted by molar-refractivity contribution is -0.384. The normalized spacial score (nSPS) is 16.9. The highest BCUT2D eigenvalue weighted by Gasteiger charge is 2.25. The van der Waals surface area contributed by atoms with Crippen LogP contribution in [-0.4, -0.2) is 29.2 Å². The van der Waals surface area contributed by atoms with Crippen molar-refractivity contribution in [1.29, 1.82) is 0 Å². The van der Waals surface area contributed by atoms with Crippen molar-refractivity contribution in [2.24, 2.45) is 0 Å². The summed E-state index contributed by atoms with van der Waals surface area (Å²) in [5.41, 5.74) is 0.210. The highest BCUT2D eigenvalue weighted by Crippen LogP contribution is 2.33. The Morgan fingerprint density at radius 2 is 2.06 bits per heavy atom. The van der Waals surface area contributed by atoms with E-state index in [2.05, 4.69) is 0 Å². The SMILES string of the molecule is O=[N+]([O-])c1cc(I)c(F)cc1N1CCC(O)CC1. The molecule has 0 atom stereocenters. The van der Waals surface area contributed by atoms with Crippen LogP contribution in [0.4, 0.5) is 15.8 Å². The molecule has 98 valence electrons. The highest BCUT2D eigenvalue weighted by molar-refractivity contribution is 14.1. The lowest BCUT2D eigenvalue weighted by atomic mass is 10.1. The standard InChI is InChI=1S/C11H12FIN2O3/c12-8-5-10(11(15(17)18)6-9(8)13)14-3-1-7(16)2-4-14/h5-7,16H,1-4H2. The molecule has 1 aromatic carbocycles. The maximum Gasteiger partial charge on any atom is 0.293 e. The molecule has 1 saturated heterocycles. The van der Waals surface area contributed by atoms with E-state index in [1.807, 2.05) is 0 Å². The number of aliphatic hydroxyl groups is 1. The van der Waals surface area contributed by atoms with Gasteiger partial charge in [-0.25, -0.2) is 4.39 Å². The quantitative estimate of drug-likeness (QED) is 0.496. The highest BCUT2D eigenvalue weighted by atomic mass is 127. The molecule has 18 heavy (non-hydrogen) atoms. The van der Waals surface area contributed by atoms with Gasteiger partial charge in [-0.2, -0.15) is 0 Å². The van der Waals surface area contributed by atoms with Crippen molar-refractivity contribution in [1.82, 2.24) is 0 Å². The largest absolute Gasteiger partial charge is 0.393 e. The number of nitrogens with zero attached hydrogens (tertiary/aromatic N) is 2. The molecular weight excluding hydrogens is 354 g/mol. The van der Waals surface area contributed by atoms with Crippen molar-refractivity contribution in [3.63, 3.8) is 0 Å². The van der Waals surface area contributed by atoms with E-state index in [1.165, 1.54) is 12.1 Å². The van der Waals surface area contributed by atoms with Gasteiger partial charge >= 0.3 is 0 Å². The van der Waals surface area contributed by atoms with Gasteiger partial charge in [-0.1, -0.05) is 0 Å². The van der Waals surface area contributed by atoms with Crippen LogP contribution >= 0.6 is 22.6 Å². The summed E-state index contributed by atoms with van der Waals surface area (Å²) in [6.07, 6.45) is 0.726. The van der Waals surface area contributed by atoms with E-state index in [4.69, 9.17) is 0 Å². The number of nitro benzene ring substituents is 1. The number of hydrogen-bond donors (Lipinski definition) is 1. The van der Waals surface area contributed by atoms with E-state index in [0.717, 1.165) is 0 Å². The summed E-state index contributed by atoms with van der Waals surface area (Å²) in [4.78, 5) is 12.3. The van der Waals surface area contributed by atoms with Gasteiger partial charge in [0.25, 0.3) is 5.69 Å². The molecule has 7 heteroatoms. The predicted molar refractivity (Wildman–Crippen MR) is 73.2 cm³/mol. The Morgan fingerprint density at radius 1 is 1.44 bits per heavy atom. The third-order valence-corrected chi connectivity index (χ3v) is 3.85. The Balaban J connectivity index is 2.36. The molecular formula is C11H12FIN2O3. The van der Waals surface area contributed by atoms with E-state index >= 15 is 0 Å². The van der Waals surface area contributed by atoms with Crippen LogP contribution in [0.2, 0.25) is 0 Å². The molecule has 1 N–H and O–H groups in total. The lowest BCUT2D eigenvalue weighted by Crippen LogP contribution is -2.36. The van der Waals surface area contributed by atoms with Crippen molar-refractivity contribution >= 4 is 34.0 Å². The first kappa shape index (κ1) is 13.5. The third kappa shape index (κ3) is 2.72. The number of halogens is 2. The van der Waals surface area contributed by atoms with Gasteiger partial charge in [-0.05, 0) is 35.4 Å². The van der Waals surface area contributed by atoms with E-state index in [1.54, 1.807) is 27.5 Å². The molecule has 0 spiro atoms. The second kappa shape index (κ2) is 5.35. The van der Waals surface area contributed by atoms with Crippen molar-refractivity contribution < 1.29 is 14.4 Å². The van der Waals surface area contributed by atoms with Crippen molar-refractivity contribution in [2.75, 3.05) is 18.0 Å². The Bertz CT molecular complexity index is 476. The van der Waals surface area contributed by atoms with E-state index in [9.17, 15) is 19.6 Å². The van der Waals surface area contributed by atoms with Gasteiger partial charge in [0, 0.05) is 25.2 Å². The molecule has 0 aromatic heterocycles.